The number of rotatable bonds is 9. The van der Waals surface area contributed by atoms with Crippen molar-refractivity contribution in [1.82, 2.24) is 0 Å². The van der Waals surface area contributed by atoms with E-state index in [-0.39, 0.29) is 5.97 Å². The number of unbranched alkanes of at least 4 members (excludes halogenated alkanes) is 3. The summed E-state index contributed by atoms with van der Waals surface area (Å²) >= 11 is 0. The lowest BCUT2D eigenvalue weighted by molar-refractivity contribution is 0.0496. The molecule has 0 atom stereocenters. The highest BCUT2D eigenvalue weighted by Gasteiger charge is 2.04. The molecule has 0 heterocycles. The number of carbonyl (C=O) groups excluding carboxylic acids is 1. The lowest BCUT2D eigenvalue weighted by Crippen LogP contribution is -2.06. The van der Waals surface area contributed by atoms with Crippen molar-refractivity contribution in [2.45, 2.75) is 32.6 Å². The van der Waals surface area contributed by atoms with Crippen molar-refractivity contribution in [1.29, 1.82) is 0 Å². The van der Waals surface area contributed by atoms with Gasteiger partial charge in [-0.15, -0.1) is 0 Å². The molecule has 0 bridgehead atoms. The minimum absolute atomic E-state index is 0.232. The molecule has 3 nitrogen and oxygen atoms in total. The Morgan fingerprint density at radius 2 is 1.67 bits per heavy atom. The summed E-state index contributed by atoms with van der Waals surface area (Å²) in [6.45, 7) is 4.13. The quantitative estimate of drug-likeness (QED) is 0.497. The first-order valence-corrected chi connectivity index (χ1v) is 6.64. The molecule has 0 radical (unpaired) electrons. The van der Waals surface area contributed by atoms with E-state index in [4.69, 9.17) is 9.47 Å². The molecule has 1 aromatic rings. The number of hydrogen-bond donors (Lipinski definition) is 0. The summed E-state index contributed by atoms with van der Waals surface area (Å²) < 4.78 is 10.4. The number of benzene rings is 1. The van der Waals surface area contributed by atoms with Crippen LogP contribution in [0.3, 0.4) is 0 Å². The summed E-state index contributed by atoms with van der Waals surface area (Å²) in [4.78, 5) is 11.6. The largest absolute Gasteiger partial charge is 0.462 e. The van der Waals surface area contributed by atoms with Crippen molar-refractivity contribution in [3.8, 4) is 0 Å². The smallest absolute Gasteiger partial charge is 0.338 e. The average Bonchev–Trinajstić information content (AvgIpc) is 2.42. The zero-order valence-electron chi connectivity index (χ0n) is 11.1. The SMILES string of the molecule is CCOCCCCCCOC(=O)c1ccccc1. The zero-order chi connectivity index (χ0) is 13.1. The van der Waals surface area contributed by atoms with Gasteiger partial charge in [0.2, 0.25) is 0 Å². The van der Waals surface area contributed by atoms with Crippen LogP contribution in [0.15, 0.2) is 30.3 Å². The molecule has 0 saturated carbocycles. The van der Waals surface area contributed by atoms with Gasteiger partial charge in [0.15, 0.2) is 0 Å². The number of esters is 1. The molecule has 100 valence electrons. The van der Waals surface area contributed by atoms with E-state index in [1.807, 2.05) is 25.1 Å². The summed E-state index contributed by atoms with van der Waals surface area (Å²) in [6, 6.07) is 9.10. The highest BCUT2D eigenvalue weighted by molar-refractivity contribution is 5.89. The Morgan fingerprint density at radius 1 is 1.00 bits per heavy atom. The standard InChI is InChI=1S/C15H22O3/c1-2-17-12-8-3-4-9-13-18-15(16)14-10-6-5-7-11-14/h5-7,10-11H,2-4,8-9,12-13H2,1H3. The summed E-state index contributed by atoms with van der Waals surface area (Å²) in [6.07, 6.45) is 4.21. The van der Waals surface area contributed by atoms with E-state index in [9.17, 15) is 4.79 Å². The molecule has 18 heavy (non-hydrogen) atoms. The first kappa shape index (κ1) is 14.7. The number of carbonyl (C=O) groups is 1. The Morgan fingerprint density at radius 3 is 2.33 bits per heavy atom. The van der Waals surface area contributed by atoms with E-state index in [0.29, 0.717) is 12.2 Å². The first-order valence-electron chi connectivity index (χ1n) is 6.64. The Bertz CT molecular complexity index is 322. The summed E-state index contributed by atoms with van der Waals surface area (Å²) in [5, 5.41) is 0. The second-order valence-electron chi connectivity index (χ2n) is 4.11. The fraction of sp³-hybridized carbons (Fsp3) is 0.533. The maximum Gasteiger partial charge on any atom is 0.338 e. The van der Waals surface area contributed by atoms with E-state index in [0.717, 1.165) is 38.9 Å². The first-order chi connectivity index (χ1) is 8.84. The van der Waals surface area contributed by atoms with Crippen molar-refractivity contribution in [3.05, 3.63) is 35.9 Å². The van der Waals surface area contributed by atoms with Gasteiger partial charge in [-0.3, -0.25) is 0 Å². The van der Waals surface area contributed by atoms with Gasteiger partial charge in [-0.05, 0) is 38.3 Å². The fourth-order valence-electron chi connectivity index (χ4n) is 1.63. The third-order valence-electron chi connectivity index (χ3n) is 2.63. The Hall–Kier alpha value is -1.35. The van der Waals surface area contributed by atoms with Gasteiger partial charge in [-0.1, -0.05) is 24.6 Å². The molecular formula is C15H22O3. The third kappa shape index (κ3) is 6.40. The van der Waals surface area contributed by atoms with Gasteiger partial charge in [-0.25, -0.2) is 4.79 Å². The molecule has 0 amide bonds. The van der Waals surface area contributed by atoms with Gasteiger partial charge >= 0.3 is 5.97 Å². The van der Waals surface area contributed by atoms with Crippen molar-refractivity contribution in [3.63, 3.8) is 0 Å². The fourth-order valence-corrected chi connectivity index (χ4v) is 1.63. The van der Waals surface area contributed by atoms with Crippen LogP contribution in [0.25, 0.3) is 0 Å². The second-order valence-corrected chi connectivity index (χ2v) is 4.11. The van der Waals surface area contributed by atoms with Crippen LogP contribution in [0.1, 0.15) is 43.0 Å². The van der Waals surface area contributed by atoms with E-state index < -0.39 is 0 Å². The van der Waals surface area contributed by atoms with Crippen LogP contribution in [0.4, 0.5) is 0 Å². The van der Waals surface area contributed by atoms with Crippen LogP contribution in [-0.2, 0) is 9.47 Å². The van der Waals surface area contributed by atoms with E-state index in [1.54, 1.807) is 12.1 Å². The third-order valence-corrected chi connectivity index (χ3v) is 2.63. The Balaban J connectivity index is 2.00. The molecule has 0 fully saturated rings. The molecule has 0 saturated heterocycles. The van der Waals surface area contributed by atoms with E-state index in [2.05, 4.69) is 0 Å². The van der Waals surface area contributed by atoms with Crippen molar-refractivity contribution in [2.24, 2.45) is 0 Å². The van der Waals surface area contributed by atoms with Crippen molar-refractivity contribution < 1.29 is 14.3 Å². The Kier molecular flexibility index (Phi) is 7.89. The predicted octanol–water partition coefficient (Wildman–Crippen LogP) is 3.44. The Labute approximate surface area is 109 Å². The molecule has 0 N–H and O–H groups in total. The van der Waals surface area contributed by atoms with Crippen LogP contribution >= 0.6 is 0 Å². The van der Waals surface area contributed by atoms with Gasteiger partial charge in [0.05, 0.1) is 12.2 Å². The molecule has 1 aromatic carbocycles. The van der Waals surface area contributed by atoms with Crippen LogP contribution in [0, 0.1) is 0 Å². The highest BCUT2D eigenvalue weighted by atomic mass is 16.5. The normalized spacial score (nSPS) is 10.3. The zero-order valence-corrected chi connectivity index (χ0v) is 11.1. The number of ether oxygens (including phenoxy) is 2. The maximum atomic E-state index is 11.6. The van der Waals surface area contributed by atoms with Gasteiger partial charge in [0, 0.05) is 13.2 Å². The molecule has 0 aliphatic rings. The maximum absolute atomic E-state index is 11.6. The molecule has 3 heteroatoms. The minimum Gasteiger partial charge on any atom is -0.462 e. The van der Waals surface area contributed by atoms with E-state index >= 15 is 0 Å². The predicted molar refractivity (Wildman–Crippen MR) is 71.7 cm³/mol. The summed E-state index contributed by atoms with van der Waals surface area (Å²) in [5.41, 5.74) is 0.619. The van der Waals surface area contributed by atoms with Crippen molar-refractivity contribution in [2.75, 3.05) is 19.8 Å². The van der Waals surface area contributed by atoms with Crippen LogP contribution in [-0.4, -0.2) is 25.8 Å². The lowest BCUT2D eigenvalue weighted by atomic mass is 10.2. The van der Waals surface area contributed by atoms with Gasteiger partial charge in [0.1, 0.15) is 0 Å². The summed E-state index contributed by atoms with van der Waals surface area (Å²) in [7, 11) is 0. The molecule has 1 rings (SSSR count). The van der Waals surface area contributed by atoms with Gasteiger partial charge < -0.3 is 9.47 Å². The lowest BCUT2D eigenvalue weighted by Gasteiger charge is -2.05. The second kappa shape index (κ2) is 9.66. The highest BCUT2D eigenvalue weighted by Crippen LogP contribution is 2.04. The molecular weight excluding hydrogens is 228 g/mol. The molecule has 0 aliphatic carbocycles. The monoisotopic (exact) mass is 250 g/mol. The topological polar surface area (TPSA) is 35.5 Å². The molecule has 0 unspecified atom stereocenters. The van der Waals surface area contributed by atoms with Crippen LogP contribution in [0.2, 0.25) is 0 Å². The number of hydrogen-bond acceptors (Lipinski definition) is 3. The molecule has 0 spiro atoms. The average molecular weight is 250 g/mol. The van der Waals surface area contributed by atoms with Gasteiger partial charge in [0.25, 0.3) is 0 Å². The minimum atomic E-state index is -0.232. The van der Waals surface area contributed by atoms with Crippen LogP contribution < -0.4 is 0 Å². The van der Waals surface area contributed by atoms with Crippen LogP contribution in [0.5, 0.6) is 0 Å². The van der Waals surface area contributed by atoms with E-state index in [1.165, 1.54) is 0 Å². The molecule has 0 aliphatic heterocycles. The van der Waals surface area contributed by atoms with Crippen molar-refractivity contribution >= 4 is 5.97 Å². The van der Waals surface area contributed by atoms with Gasteiger partial charge in [-0.2, -0.15) is 0 Å². The molecule has 0 aromatic heterocycles. The summed E-state index contributed by atoms with van der Waals surface area (Å²) in [5.74, 6) is -0.232.